The van der Waals surface area contributed by atoms with Crippen molar-refractivity contribution in [3.05, 3.63) is 22.4 Å². The lowest BCUT2D eigenvalue weighted by Crippen LogP contribution is -2.54. The van der Waals surface area contributed by atoms with Gasteiger partial charge in [-0.1, -0.05) is 0 Å². The molecule has 0 spiro atoms. The minimum atomic E-state index is -0.167. The molecule has 0 aromatic carbocycles. The molecular weight excluding hydrogens is 258 g/mol. The number of nitrogens with one attached hydrogen (secondary N) is 2. The molecule has 1 aliphatic rings. The molecule has 1 aromatic heterocycles. The molecule has 15 heavy (non-hydrogen) atoms. The molecule has 1 aliphatic carbocycles. The Morgan fingerprint density at radius 3 is 2.87 bits per heavy atom. The maximum Gasteiger partial charge on any atom is 0.267 e. The number of hydrogen-bond donors (Lipinski definition) is 3. The highest BCUT2D eigenvalue weighted by atomic mass is 79.9. The molecule has 0 aliphatic heterocycles. The fourth-order valence-electron chi connectivity index (χ4n) is 1.66. The smallest absolute Gasteiger partial charge is 0.267 e. The van der Waals surface area contributed by atoms with Gasteiger partial charge in [-0.2, -0.15) is 0 Å². The number of aromatic amines is 1. The van der Waals surface area contributed by atoms with E-state index in [4.69, 9.17) is 5.73 Å². The largest absolute Gasteiger partial charge is 0.356 e. The van der Waals surface area contributed by atoms with Crippen molar-refractivity contribution in [2.45, 2.75) is 24.8 Å². The normalized spacial score (nSPS) is 18.3. The van der Waals surface area contributed by atoms with Gasteiger partial charge in [0.1, 0.15) is 5.69 Å². The van der Waals surface area contributed by atoms with Gasteiger partial charge in [0.2, 0.25) is 0 Å². The number of carbonyl (C=O) groups excluding carboxylic acids is 1. The Labute approximate surface area is 96.7 Å². The van der Waals surface area contributed by atoms with E-state index in [1.165, 1.54) is 6.42 Å². The molecule has 1 saturated carbocycles. The second-order valence-electron chi connectivity index (χ2n) is 4.13. The van der Waals surface area contributed by atoms with Crippen LogP contribution in [-0.2, 0) is 0 Å². The molecule has 1 heterocycles. The molecular formula is C10H14BrN3O. The number of H-pyrrole nitrogens is 1. The van der Waals surface area contributed by atoms with Gasteiger partial charge >= 0.3 is 0 Å². The van der Waals surface area contributed by atoms with Crippen LogP contribution in [0.1, 0.15) is 29.8 Å². The number of nitrogens with two attached hydrogens (primary N) is 1. The fraction of sp³-hybridized carbons (Fsp3) is 0.500. The van der Waals surface area contributed by atoms with Crippen LogP contribution in [0.5, 0.6) is 0 Å². The number of carbonyl (C=O) groups is 1. The Hall–Kier alpha value is -0.810. The van der Waals surface area contributed by atoms with E-state index in [1.54, 1.807) is 12.3 Å². The highest BCUT2D eigenvalue weighted by Crippen LogP contribution is 2.28. The first-order valence-electron chi connectivity index (χ1n) is 5.00. The molecule has 1 aromatic rings. The maximum absolute atomic E-state index is 11.6. The summed E-state index contributed by atoms with van der Waals surface area (Å²) in [6, 6.07) is 1.75. The van der Waals surface area contributed by atoms with Crippen LogP contribution >= 0.6 is 15.9 Å². The van der Waals surface area contributed by atoms with Crippen molar-refractivity contribution < 1.29 is 4.79 Å². The second-order valence-corrected chi connectivity index (χ2v) is 5.05. The lowest BCUT2D eigenvalue weighted by Gasteiger charge is -2.38. The molecule has 0 saturated heterocycles. The first-order valence-corrected chi connectivity index (χ1v) is 5.79. The standard InChI is InChI=1S/C10H14BrN3O/c11-7-4-8(13-5-7)9(15)14-6-10(12)2-1-3-10/h4-5,13H,1-3,6,12H2,(H,14,15). The van der Waals surface area contributed by atoms with Crippen LogP contribution in [0.25, 0.3) is 0 Å². The van der Waals surface area contributed by atoms with Crippen LogP contribution in [-0.4, -0.2) is 23.0 Å². The van der Waals surface area contributed by atoms with Crippen molar-refractivity contribution in [3.63, 3.8) is 0 Å². The van der Waals surface area contributed by atoms with E-state index in [1.807, 2.05) is 0 Å². The second kappa shape index (κ2) is 3.98. The highest BCUT2D eigenvalue weighted by molar-refractivity contribution is 9.10. The summed E-state index contributed by atoms with van der Waals surface area (Å²) in [6.07, 6.45) is 4.90. The third-order valence-corrected chi connectivity index (χ3v) is 3.30. The topological polar surface area (TPSA) is 70.9 Å². The van der Waals surface area contributed by atoms with Gasteiger partial charge in [-0.25, -0.2) is 0 Å². The molecule has 5 heteroatoms. The van der Waals surface area contributed by atoms with Gasteiger partial charge in [0.15, 0.2) is 0 Å². The number of rotatable bonds is 3. The molecule has 0 atom stereocenters. The summed E-state index contributed by atoms with van der Waals surface area (Å²) >= 11 is 3.28. The predicted octanol–water partition coefficient (Wildman–Crippen LogP) is 1.39. The van der Waals surface area contributed by atoms with Crippen molar-refractivity contribution in [2.75, 3.05) is 6.54 Å². The minimum Gasteiger partial charge on any atom is -0.356 e. The molecule has 4 nitrogen and oxygen atoms in total. The maximum atomic E-state index is 11.6. The Kier molecular flexibility index (Phi) is 2.84. The zero-order chi connectivity index (χ0) is 10.9. The van der Waals surface area contributed by atoms with Crippen molar-refractivity contribution in [1.29, 1.82) is 0 Å². The monoisotopic (exact) mass is 271 g/mol. The van der Waals surface area contributed by atoms with E-state index in [0.717, 1.165) is 17.3 Å². The molecule has 0 radical (unpaired) electrons. The van der Waals surface area contributed by atoms with Crippen LogP contribution in [0.2, 0.25) is 0 Å². The minimum absolute atomic E-state index is 0.0996. The lowest BCUT2D eigenvalue weighted by molar-refractivity contribution is 0.0925. The summed E-state index contributed by atoms with van der Waals surface area (Å²) in [4.78, 5) is 14.5. The van der Waals surface area contributed by atoms with E-state index in [0.29, 0.717) is 12.2 Å². The van der Waals surface area contributed by atoms with Gasteiger partial charge in [-0.3, -0.25) is 4.79 Å². The molecule has 1 fully saturated rings. The number of hydrogen-bond acceptors (Lipinski definition) is 2. The molecule has 0 bridgehead atoms. The zero-order valence-corrected chi connectivity index (χ0v) is 9.93. The average Bonchev–Trinajstić information content (AvgIpc) is 2.58. The number of halogens is 1. The number of amides is 1. The average molecular weight is 272 g/mol. The van der Waals surface area contributed by atoms with E-state index in [-0.39, 0.29) is 11.4 Å². The molecule has 0 unspecified atom stereocenters. The highest BCUT2D eigenvalue weighted by Gasteiger charge is 2.32. The zero-order valence-electron chi connectivity index (χ0n) is 8.35. The fourth-order valence-corrected chi connectivity index (χ4v) is 2.00. The van der Waals surface area contributed by atoms with Crippen molar-refractivity contribution in [1.82, 2.24) is 10.3 Å². The summed E-state index contributed by atoms with van der Waals surface area (Å²) in [6.45, 7) is 0.558. The first-order chi connectivity index (χ1) is 7.09. The Balaban J connectivity index is 1.87. The quantitative estimate of drug-likeness (QED) is 0.778. The van der Waals surface area contributed by atoms with E-state index < -0.39 is 0 Å². The molecule has 2 rings (SSSR count). The Morgan fingerprint density at radius 1 is 1.67 bits per heavy atom. The van der Waals surface area contributed by atoms with E-state index in [9.17, 15) is 4.79 Å². The summed E-state index contributed by atoms with van der Waals surface area (Å²) in [5.41, 5.74) is 6.39. The van der Waals surface area contributed by atoms with Crippen molar-refractivity contribution in [3.8, 4) is 0 Å². The summed E-state index contributed by atoms with van der Waals surface area (Å²) in [5.74, 6) is -0.0996. The first kappa shape index (κ1) is 10.7. The Morgan fingerprint density at radius 2 is 2.40 bits per heavy atom. The number of aromatic nitrogens is 1. The molecule has 1 amide bonds. The molecule has 4 N–H and O–H groups in total. The van der Waals surface area contributed by atoms with Gasteiger partial charge in [0, 0.05) is 22.8 Å². The van der Waals surface area contributed by atoms with Crippen LogP contribution in [0.3, 0.4) is 0 Å². The van der Waals surface area contributed by atoms with Gasteiger partial charge in [-0.15, -0.1) is 0 Å². The lowest BCUT2D eigenvalue weighted by atomic mass is 9.78. The van der Waals surface area contributed by atoms with Crippen LogP contribution in [0, 0.1) is 0 Å². The van der Waals surface area contributed by atoms with Gasteiger partial charge < -0.3 is 16.0 Å². The van der Waals surface area contributed by atoms with E-state index in [2.05, 4.69) is 26.2 Å². The van der Waals surface area contributed by atoms with Gasteiger partial charge in [0.25, 0.3) is 5.91 Å². The predicted molar refractivity (Wildman–Crippen MR) is 61.6 cm³/mol. The summed E-state index contributed by atoms with van der Waals surface area (Å²) < 4.78 is 0.874. The van der Waals surface area contributed by atoms with Crippen LogP contribution in [0.4, 0.5) is 0 Å². The Bertz CT molecular complexity index is 370. The van der Waals surface area contributed by atoms with Crippen LogP contribution < -0.4 is 11.1 Å². The SMILES string of the molecule is NC1(CNC(=O)c2cc(Br)c[nH]2)CCC1. The summed E-state index contributed by atoms with van der Waals surface area (Å²) in [7, 11) is 0. The third kappa shape index (κ3) is 2.41. The van der Waals surface area contributed by atoms with Gasteiger partial charge in [-0.05, 0) is 41.3 Å². The van der Waals surface area contributed by atoms with Crippen molar-refractivity contribution in [2.24, 2.45) is 5.73 Å². The van der Waals surface area contributed by atoms with Crippen molar-refractivity contribution >= 4 is 21.8 Å². The van der Waals surface area contributed by atoms with Crippen LogP contribution in [0.15, 0.2) is 16.7 Å². The summed E-state index contributed by atoms with van der Waals surface area (Å²) in [5, 5.41) is 2.84. The molecule has 82 valence electrons. The van der Waals surface area contributed by atoms with Gasteiger partial charge in [0.05, 0.1) is 0 Å². The van der Waals surface area contributed by atoms with E-state index >= 15 is 0 Å². The third-order valence-electron chi connectivity index (χ3n) is 2.84.